The van der Waals surface area contributed by atoms with Crippen LogP contribution < -0.4 is 10.7 Å². The van der Waals surface area contributed by atoms with Gasteiger partial charge in [-0.2, -0.15) is 10.5 Å². The van der Waals surface area contributed by atoms with Crippen molar-refractivity contribution in [1.29, 1.82) is 10.5 Å². The molecule has 0 radical (unpaired) electrons. The molecule has 0 unspecified atom stereocenters. The van der Waals surface area contributed by atoms with Crippen LogP contribution in [0.3, 0.4) is 0 Å². The van der Waals surface area contributed by atoms with Crippen LogP contribution in [-0.4, -0.2) is 38.7 Å². The summed E-state index contributed by atoms with van der Waals surface area (Å²) in [7, 11) is 0. The second-order valence-electron chi connectivity index (χ2n) is 7.82. The fourth-order valence-corrected chi connectivity index (χ4v) is 3.83. The largest absolute Gasteiger partial charge is 0.478 e. The number of hydrogen-bond acceptors (Lipinski definition) is 6. The molecule has 3 aromatic carbocycles. The van der Waals surface area contributed by atoms with E-state index in [-0.39, 0.29) is 44.1 Å². The van der Waals surface area contributed by atoms with E-state index in [4.69, 9.17) is 10.2 Å². The molecule has 1 heterocycles. The summed E-state index contributed by atoms with van der Waals surface area (Å²) in [6.07, 6.45) is 0. The van der Waals surface area contributed by atoms with Gasteiger partial charge < -0.3 is 15.2 Å². The summed E-state index contributed by atoms with van der Waals surface area (Å²) in [5, 5.41) is 38.9. The number of nitrogens with zero attached hydrogens (tertiary/aromatic N) is 2. The lowest BCUT2D eigenvalue weighted by atomic mass is 10.0. The van der Waals surface area contributed by atoms with E-state index < -0.39 is 23.5 Å². The van der Waals surface area contributed by atoms with Crippen molar-refractivity contribution in [2.75, 3.05) is 0 Å². The second-order valence-corrected chi connectivity index (χ2v) is 7.82. The van der Waals surface area contributed by atoms with Crippen LogP contribution in [0.1, 0.15) is 41.4 Å². The van der Waals surface area contributed by atoms with E-state index >= 15 is 0 Å². The summed E-state index contributed by atoms with van der Waals surface area (Å²) in [5.74, 6) is -3.67. The number of aromatic amines is 1. The first-order chi connectivity index (χ1) is 17.8. The lowest BCUT2D eigenvalue weighted by Crippen LogP contribution is -2.21. The highest BCUT2D eigenvalue weighted by Gasteiger charge is 2.20. The van der Waals surface area contributed by atoms with E-state index in [1.807, 2.05) is 12.1 Å². The van der Waals surface area contributed by atoms with Crippen LogP contribution in [0, 0.1) is 22.7 Å². The Bertz CT molecular complexity index is 1680. The fourth-order valence-electron chi connectivity index (χ4n) is 3.83. The van der Waals surface area contributed by atoms with Gasteiger partial charge in [0.25, 0.3) is 0 Å². The molecular formula is C28H15N3O6. The zero-order valence-electron chi connectivity index (χ0n) is 18.9. The van der Waals surface area contributed by atoms with E-state index in [0.717, 1.165) is 0 Å². The van der Waals surface area contributed by atoms with Gasteiger partial charge in [0.15, 0.2) is 0 Å². The lowest BCUT2D eigenvalue weighted by molar-refractivity contribution is 0.0686. The topological polar surface area (TPSA) is 172 Å². The fraction of sp³-hybridized carbons (Fsp3) is 0. The molecule has 0 atom stereocenters. The summed E-state index contributed by atoms with van der Waals surface area (Å²) >= 11 is 0. The molecule has 0 spiro atoms. The predicted molar refractivity (Wildman–Crippen MR) is 131 cm³/mol. The van der Waals surface area contributed by atoms with Crippen LogP contribution in [0.15, 0.2) is 72.8 Å². The monoisotopic (exact) mass is 489 g/mol. The summed E-state index contributed by atoms with van der Waals surface area (Å²) in [4.78, 5) is 51.5. The van der Waals surface area contributed by atoms with Gasteiger partial charge in [-0.3, -0.25) is 9.59 Å². The molecule has 0 aliphatic carbocycles. The molecule has 0 aliphatic rings. The number of rotatable bonds is 6. The number of fused-ring (bicyclic) bond motifs is 1. The molecule has 4 rings (SSSR count). The number of benzene rings is 3. The summed E-state index contributed by atoms with van der Waals surface area (Å²) < 4.78 is 0. The van der Waals surface area contributed by atoms with Gasteiger partial charge >= 0.3 is 11.9 Å². The van der Waals surface area contributed by atoms with Crippen molar-refractivity contribution < 1.29 is 29.4 Å². The average molecular weight is 489 g/mol. The quantitative estimate of drug-likeness (QED) is 0.347. The first kappa shape index (κ1) is 24.3. The minimum Gasteiger partial charge on any atom is -0.478 e. The number of carbonyl (C=O) groups excluding carboxylic acids is 2. The smallest absolute Gasteiger partial charge is 0.335 e. The van der Waals surface area contributed by atoms with E-state index in [1.165, 1.54) is 48.5 Å². The highest BCUT2D eigenvalue weighted by Crippen LogP contribution is 2.15. The number of nitriles is 2. The molecule has 0 bridgehead atoms. The van der Waals surface area contributed by atoms with Crippen molar-refractivity contribution in [3.05, 3.63) is 106 Å². The number of aromatic carboxylic acids is 2. The Morgan fingerprint density at radius 1 is 0.568 bits per heavy atom. The number of carboxylic acids is 2. The zero-order valence-corrected chi connectivity index (χ0v) is 18.9. The number of aromatic nitrogens is 1. The number of Topliss-reactive ketones (excluding diaryl/α,β-unsaturated/α-hetero) is 2. The number of hydrogen-bond donors (Lipinski definition) is 3. The van der Waals surface area contributed by atoms with Gasteiger partial charge in [0, 0.05) is 21.9 Å². The number of carbonyl (C=O) groups is 4. The first-order valence-corrected chi connectivity index (χ1v) is 10.7. The Kier molecular flexibility index (Phi) is 6.46. The average Bonchev–Trinajstić information content (AvgIpc) is 3.28. The number of H-pyrrole nitrogens is 1. The minimum absolute atomic E-state index is 0.0224. The molecule has 0 saturated heterocycles. The highest BCUT2D eigenvalue weighted by molar-refractivity contribution is 6.30. The molecule has 0 amide bonds. The van der Waals surface area contributed by atoms with Crippen LogP contribution in [0.2, 0.25) is 0 Å². The number of ketones is 2. The molecule has 0 aliphatic heterocycles. The molecule has 9 nitrogen and oxygen atoms in total. The Balaban J connectivity index is 1.95. The van der Waals surface area contributed by atoms with Crippen molar-refractivity contribution in [3.63, 3.8) is 0 Å². The number of nitrogens with one attached hydrogen (secondary N) is 1. The Hall–Kier alpha value is -5.80. The molecule has 0 saturated carbocycles. The van der Waals surface area contributed by atoms with Crippen molar-refractivity contribution in [2.24, 2.45) is 0 Å². The van der Waals surface area contributed by atoms with Gasteiger partial charge in [0.1, 0.15) is 23.3 Å². The first-order valence-electron chi connectivity index (χ1n) is 10.7. The third-order valence-electron chi connectivity index (χ3n) is 5.68. The summed E-state index contributed by atoms with van der Waals surface area (Å²) in [6, 6.07) is 20.5. The van der Waals surface area contributed by atoms with Crippen LogP contribution in [-0.2, 0) is 0 Å². The van der Waals surface area contributed by atoms with Crippen LogP contribution in [0.4, 0.5) is 0 Å². The van der Waals surface area contributed by atoms with Crippen molar-refractivity contribution in [3.8, 4) is 12.1 Å². The van der Waals surface area contributed by atoms with Crippen LogP contribution >= 0.6 is 0 Å². The van der Waals surface area contributed by atoms with Crippen molar-refractivity contribution in [2.45, 2.75) is 0 Å². The maximum Gasteiger partial charge on any atom is 0.335 e. The normalized spacial score (nSPS) is 12.2. The number of carboxylic acid groups (broad SMARTS) is 2. The zero-order chi connectivity index (χ0) is 26.7. The lowest BCUT2D eigenvalue weighted by Gasteiger charge is -2.00. The molecule has 3 N–H and O–H groups in total. The maximum atomic E-state index is 13.2. The van der Waals surface area contributed by atoms with Crippen molar-refractivity contribution >= 4 is 45.4 Å². The molecule has 1 aromatic heterocycles. The molecule has 178 valence electrons. The van der Waals surface area contributed by atoms with Gasteiger partial charge in [-0.25, -0.2) is 9.59 Å². The standard InChI is InChI=1S/C28H15N3O6/c29-13-21(25(32)15-5-9-17(10-6-15)27(34)35)23-19-3-1-2-4-20(19)24(31-23)22(14-30)26(33)16-7-11-18(12-8-16)28(36)37/h1-12,31H,(H,34,35)(H,36,37)/b23-21-,24-22-. The summed E-state index contributed by atoms with van der Waals surface area (Å²) in [6.45, 7) is 0. The molecule has 0 fully saturated rings. The SMILES string of the molecule is N#C/C(C(=O)c1ccc(C(=O)O)cc1)=c1/[nH]/c(=C(/C#N)C(=O)c2ccc(C(=O)O)cc2)c2ccccc12. The summed E-state index contributed by atoms with van der Waals surface area (Å²) in [5.41, 5.74) is -0.458. The maximum absolute atomic E-state index is 13.2. The highest BCUT2D eigenvalue weighted by atomic mass is 16.4. The van der Waals surface area contributed by atoms with E-state index in [2.05, 4.69) is 4.98 Å². The van der Waals surface area contributed by atoms with Gasteiger partial charge in [-0.05, 0) is 24.3 Å². The molecule has 4 aromatic rings. The third-order valence-corrected chi connectivity index (χ3v) is 5.68. The predicted octanol–water partition coefficient (Wildman–Crippen LogP) is 2.68. The second kappa shape index (κ2) is 9.82. The van der Waals surface area contributed by atoms with E-state index in [9.17, 15) is 29.7 Å². The Labute approximate surface area is 208 Å². The Morgan fingerprint density at radius 2 is 0.892 bits per heavy atom. The van der Waals surface area contributed by atoms with Gasteiger partial charge in [-0.15, -0.1) is 0 Å². The Morgan fingerprint density at radius 3 is 1.19 bits per heavy atom. The van der Waals surface area contributed by atoms with E-state index in [1.54, 1.807) is 24.3 Å². The van der Waals surface area contributed by atoms with Gasteiger partial charge in [0.05, 0.1) is 21.8 Å². The molecule has 9 heteroatoms. The molecule has 37 heavy (non-hydrogen) atoms. The van der Waals surface area contributed by atoms with Crippen LogP contribution in [0.5, 0.6) is 0 Å². The third kappa shape index (κ3) is 4.48. The molecular weight excluding hydrogens is 474 g/mol. The van der Waals surface area contributed by atoms with Gasteiger partial charge in [0.2, 0.25) is 11.6 Å². The minimum atomic E-state index is -1.16. The van der Waals surface area contributed by atoms with Crippen LogP contribution in [0.25, 0.3) is 21.9 Å². The van der Waals surface area contributed by atoms with E-state index in [0.29, 0.717) is 10.8 Å². The van der Waals surface area contributed by atoms with Crippen molar-refractivity contribution in [1.82, 2.24) is 4.98 Å². The van der Waals surface area contributed by atoms with Gasteiger partial charge in [-0.1, -0.05) is 48.5 Å².